The number of hydrogen-bond acceptors (Lipinski definition) is 7. The summed E-state index contributed by atoms with van der Waals surface area (Å²) in [6, 6.07) is 12.0. The molecule has 34 heavy (non-hydrogen) atoms. The van der Waals surface area contributed by atoms with E-state index in [-0.39, 0.29) is 17.0 Å². The Morgan fingerprint density at radius 1 is 1.21 bits per heavy atom. The first-order valence-corrected chi connectivity index (χ1v) is 12.5. The van der Waals surface area contributed by atoms with E-state index in [4.69, 9.17) is 17.0 Å². The molecular weight excluding hydrogens is 468 g/mol. The van der Waals surface area contributed by atoms with Gasteiger partial charge in [0.25, 0.3) is 11.5 Å². The molecule has 0 bridgehead atoms. The molecule has 0 saturated carbocycles. The van der Waals surface area contributed by atoms with Gasteiger partial charge in [-0.2, -0.15) is 5.26 Å². The zero-order chi connectivity index (χ0) is 24.2. The van der Waals surface area contributed by atoms with Crippen LogP contribution >= 0.6 is 24.0 Å². The maximum absolute atomic E-state index is 13.3. The number of nitrogens with zero attached hydrogens (tertiary/aromatic N) is 4. The first kappa shape index (κ1) is 24.2. The van der Waals surface area contributed by atoms with Crippen LogP contribution in [0.5, 0.6) is 0 Å². The number of morpholine rings is 1. The largest absolute Gasteiger partial charge is 0.378 e. The van der Waals surface area contributed by atoms with Gasteiger partial charge in [0.15, 0.2) is 0 Å². The average Bonchev–Trinajstić information content (AvgIpc) is 3.12. The summed E-state index contributed by atoms with van der Waals surface area (Å²) in [6.45, 7) is 6.93. The minimum absolute atomic E-state index is 0.102. The molecule has 0 radical (unpaired) electrons. The zero-order valence-electron chi connectivity index (χ0n) is 19.2. The van der Waals surface area contributed by atoms with E-state index in [1.165, 1.54) is 11.8 Å². The van der Waals surface area contributed by atoms with Gasteiger partial charge in [0.05, 0.1) is 18.1 Å². The van der Waals surface area contributed by atoms with Crippen molar-refractivity contribution < 1.29 is 9.53 Å². The molecule has 2 aromatic rings. The molecule has 3 heterocycles. The normalized spacial score (nSPS) is 17.5. The number of aromatic nitrogens is 1. The lowest BCUT2D eigenvalue weighted by molar-refractivity contribution is -0.122. The number of thioether (sulfide) groups is 1. The fraction of sp³-hybridized carbons (Fsp3) is 0.360. The van der Waals surface area contributed by atoms with Crippen LogP contribution in [0, 0.1) is 18.3 Å². The molecule has 2 fully saturated rings. The van der Waals surface area contributed by atoms with Crippen LogP contribution in [0.4, 0.5) is 5.82 Å². The van der Waals surface area contributed by atoms with Crippen molar-refractivity contribution >= 4 is 46.1 Å². The number of amides is 1. The summed E-state index contributed by atoms with van der Waals surface area (Å²) in [6.07, 6.45) is 2.51. The number of hydrogen-bond donors (Lipinski definition) is 0. The van der Waals surface area contributed by atoms with E-state index < -0.39 is 0 Å². The Morgan fingerprint density at radius 2 is 1.91 bits per heavy atom. The summed E-state index contributed by atoms with van der Waals surface area (Å²) in [5.74, 6) is 0.577. The van der Waals surface area contributed by atoms with Crippen molar-refractivity contribution in [2.24, 2.45) is 0 Å². The van der Waals surface area contributed by atoms with Crippen LogP contribution in [0.25, 0.3) is 6.08 Å². The van der Waals surface area contributed by atoms with E-state index in [2.05, 4.69) is 11.0 Å². The standard InChI is InChI=1S/C25H26N4O3S2/c1-3-28-22(27-11-13-32-14-12-27)19(17(2)20(16-26)23(28)30)15-21-24(31)29(25(33)34-21)10-9-18-7-5-4-6-8-18/h4-8,15H,3,9-14H2,1-2H3/b21-15-. The minimum atomic E-state index is -0.309. The van der Waals surface area contributed by atoms with Gasteiger partial charge in [-0.25, -0.2) is 0 Å². The van der Waals surface area contributed by atoms with E-state index in [9.17, 15) is 14.9 Å². The number of benzene rings is 1. The molecule has 2 saturated heterocycles. The highest BCUT2D eigenvalue weighted by molar-refractivity contribution is 8.26. The summed E-state index contributed by atoms with van der Waals surface area (Å²) >= 11 is 6.79. The minimum Gasteiger partial charge on any atom is -0.378 e. The van der Waals surface area contributed by atoms with E-state index in [1.54, 1.807) is 22.5 Å². The number of rotatable bonds is 6. The predicted octanol–water partition coefficient (Wildman–Crippen LogP) is 3.33. The topological polar surface area (TPSA) is 78.6 Å². The van der Waals surface area contributed by atoms with Crippen LogP contribution in [0.3, 0.4) is 0 Å². The first-order chi connectivity index (χ1) is 16.5. The van der Waals surface area contributed by atoms with Gasteiger partial charge in [-0.15, -0.1) is 0 Å². The Bertz CT molecular complexity index is 1240. The van der Waals surface area contributed by atoms with Crippen molar-refractivity contribution in [1.82, 2.24) is 9.47 Å². The Balaban J connectivity index is 1.74. The SMILES string of the molecule is CCn1c(N2CCOCC2)c(/C=C2\SC(=S)N(CCc3ccccc3)C2=O)c(C)c(C#N)c1=O. The lowest BCUT2D eigenvalue weighted by atomic mass is 10.0. The van der Waals surface area contributed by atoms with Crippen molar-refractivity contribution in [2.75, 3.05) is 37.7 Å². The third-order valence-corrected chi connectivity index (χ3v) is 7.47. The Kier molecular flexibility index (Phi) is 7.51. The number of nitriles is 1. The highest BCUT2D eigenvalue weighted by Gasteiger charge is 2.33. The highest BCUT2D eigenvalue weighted by Crippen LogP contribution is 2.36. The van der Waals surface area contributed by atoms with Crippen LogP contribution in [0.15, 0.2) is 40.0 Å². The zero-order valence-corrected chi connectivity index (χ0v) is 20.9. The number of ether oxygens (including phenoxy) is 1. The summed E-state index contributed by atoms with van der Waals surface area (Å²) < 4.78 is 7.64. The molecule has 0 unspecified atom stereocenters. The molecule has 0 N–H and O–H groups in total. The molecule has 1 aromatic carbocycles. The molecule has 1 amide bonds. The van der Waals surface area contributed by atoms with Crippen molar-refractivity contribution in [3.8, 4) is 6.07 Å². The molecule has 0 spiro atoms. The van der Waals surface area contributed by atoms with Gasteiger partial charge in [-0.1, -0.05) is 54.3 Å². The smallest absolute Gasteiger partial charge is 0.270 e. The van der Waals surface area contributed by atoms with Crippen LogP contribution in [0.1, 0.15) is 29.2 Å². The number of pyridine rings is 1. The second-order valence-corrected chi connectivity index (χ2v) is 9.74. The van der Waals surface area contributed by atoms with Crippen LogP contribution in [-0.4, -0.2) is 52.5 Å². The van der Waals surface area contributed by atoms with E-state index in [1.807, 2.05) is 37.3 Å². The molecule has 0 atom stereocenters. The molecular formula is C25H26N4O3S2. The van der Waals surface area contributed by atoms with Crippen LogP contribution in [-0.2, 0) is 22.5 Å². The van der Waals surface area contributed by atoms with E-state index >= 15 is 0 Å². The summed E-state index contributed by atoms with van der Waals surface area (Å²) in [7, 11) is 0. The molecule has 0 aliphatic carbocycles. The Labute approximate surface area is 208 Å². The van der Waals surface area contributed by atoms with E-state index in [0.717, 1.165) is 11.4 Å². The van der Waals surface area contributed by atoms with Gasteiger partial charge < -0.3 is 9.64 Å². The van der Waals surface area contributed by atoms with Gasteiger partial charge in [-0.3, -0.25) is 19.1 Å². The molecule has 2 aliphatic rings. The molecule has 2 aliphatic heterocycles. The highest BCUT2D eigenvalue weighted by atomic mass is 32.2. The fourth-order valence-corrected chi connectivity index (χ4v) is 5.55. The summed E-state index contributed by atoms with van der Waals surface area (Å²) in [5.41, 5.74) is 2.22. The monoisotopic (exact) mass is 494 g/mol. The van der Waals surface area contributed by atoms with Gasteiger partial charge >= 0.3 is 0 Å². The van der Waals surface area contributed by atoms with E-state index in [0.29, 0.717) is 66.2 Å². The maximum atomic E-state index is 13.3. The number of thiocarbonyl (C=S) groups is 1. The van der Waals surface area contributed by atoms with Gasteiger partial charge in [0.1, 0.15) is 21.8 Å². The Morgan fingerprint density at radius 3 is 2.56 bits per heavy atom. The second-order valence-electron chi connectivity index (χ2n) is 8.07. The van der Waals surface area contributed by atoms with Gasteiger partial charge in [0, 0.05) is 31.7 Å². The van der Waals surface area contributed by atoms with Crippen molar-refractivity contribution in [2.45, 2.75) is 26.8 Å². The molecule has 1 aromatic heterocycles. The molecule has 9 heteroatoms. The first-order valence-electron chi connectivity index (χ1n) is 11.3. The van der Waals surface area contributed by atoms with Crippen molar-refractivity contribution in [1.29, 1.82) is 5.26 Å². The summed E-state index contributed by atoms with van der Waals surface area (Å²) in [4.78, 5) is 30.6. The van der Waals surface area contributed by atoms with Crippen LogP contribution < -0.4 is 10.5 Å². The van der Waals surface area contributed by atoms with Crippen LogP contribution in [0.2, 0.25) is 0 Å². The average molecular weight is 495 g/mol. The van der Waals surface area contributed by atoms with Crippen molar-refractivity contribution in [3.05, 3.63) is 67.8 Å². The molecule has 4 rings (SSSR count). The maximum Gasteiger partial charge on any atom is 0.270 e. The molecule has 176 valence electrons. The van der Waals surface area contributed by atoms with Gasteiger partial charge in [0.2, 0.25) is 0 Å². The second kappa shape index (κ2) is 10.6. The quantitative estimate of drug-likeness (QED) is 0.450. The third-order valence-electron chi connectivity index (χ3n) is 6.09. The third kappa shape index (κ3) is 4.67. The number of carbonyl (C=O) groups excluding carboxylic acids is 1. The summed E-state index contributed by atoms with van der Waals surface area (Å²) in [5, 5.41) is 9.70. The lowest BCUT2D eigenvalue weighted by Crippen LogP contribution is -2.41. The lowest BCUT2D eigenvalue weighted by Gasteiger charge is -2.33. The molecule has 7 nitrogen and oxygen atoms in total. The predicted molar refractivity (Wildman–Crippen MR) is 139 cm³/mol. The van der Waals surface area contributed by atoms with Gasteiger partial charge in [-0.05, 0) is 37.5 Å². The fourth-order valence-electron chi connectivity index (χ4n) is 4.26. The number of carbonyl (C=O) groups is 1. The van der Waals surface area contributed by atoms with Crippen molar-refractivity contribution in [3.63, 3.8) is 0 Å². The Hall–Kier alpha value is -2.93. The number of anilines is 1.